The van der Waals surface area contributed by atoms with Crippen LogP contribution in [0.5, 0.6) is 5.75 Å². The molecular weight excluding hydrogens is 352 g/mol. The summed E-state index contributed by atoms with van der Waals surface area (Å²) in [6.45, 7) is 1.61. The van der Waals surface area contributed by atoms with E-state index in [0.29, 0.717) is 10.9 Å². The minimum atomic E-state index is -0.452. The number of ether oxygens (including phenoxy) is 1. The number of para-hydroxylation sites is 2. The van der Waals surface area contributed by atoms with Crippen molar-refractivity contribution < 1.29 is 9.66 Å². The number of aryl methyl sites for hydroxylation is 1. The highest BCUT2D eigenvalue weighted by Crippen LogP contribution is 2.39. The third-order valence-electron chi connectivity index (χ3n) is 3.86. The van der Waals surface area contributed by atoms with Crippen molar-refractivity contribution in [3.63, 3.8) is 0 Å². The van der Waals surface area contributed by atoms with Crippen molar-refractivity contribution in [1.82, 2.24) is 14.8 Å². The molecule has 0 N–H and O–H groups in total. The van der Waals surface area contributed by atoms with Crippen molar-refractivity contribution in [2.24, 2.45) is 0 Å². The van der Waals surface area contributed by atoms with E-state index < -0.39 is 5.25 Å². The Morgan fingerprint density at radius 2 is 1.85 bits per heavy atom. The van der Waals surface area contributed by atoms with Crippen LogP contribution < -0.4 is 4.74 Å². The van der Waals surface area contributed by atoms with E-state index in [1.165, 1.54) is 11.8 Å². The number of aromatic nitrogens is 3. The van der Waals surface area contributed by atoms with Crippen molar-refractivity contribution in [2.75, 3.05) is 13.7 Å². The molecule has 0 aliphatic heterocycles. The first-order chi connectivity index (χ1) is 12.6. The molecule has 3 aromatic rings. The van der Waals surface area contributed by atoms with Gasteiger partial charge in [0, 0.05) is 16.2 Å². The number of nitrogens with zero attached hydrogens (tertiary/aromatic N) is 4. The highest BCUT2D eigenvalue weighted by atomic mass is 32.2. The predicted octanol–water partition coefficient (Wildman–Crippen LogP) is 3.69. The van der Waals surface area contributed by atoms with Crippen molar-refractivity contribution >= 4 is 11.8 Å². The molecule has 0 fully saturated rings. The normalized spacial score (nSPS) is 11.9. The number of methoxy groups -OCH3 is 1. The molecule has 1 heterocycles. The fourth-order valence-electron chi connectivity index (χ4n) is 2.69. The number of benzene rings is 2. The van der Waals surface area contributed by atoms with E-state index in [2.05, 4.69) is 10.2 Å². The molecule has 1 aromatic heterocycles. The van der Waals surface area contributed by atoms with Crippen LogP contribution in [0.4, 0.5) is 0 Å². The van der Waals surface area contributed by atoms with Crippen LogP contribution in [0, 0.1) is 17.0 Å². The molecule has 8 heteroatoms. The highest BCUT2D eigenvalue weighted by Gasteiger charge is 2.26. The van der Waals surface area contributed by atoms with Crippen LogP contribution in [0.3, 0.4) is 0 Å². The Bertz CT molecular complexity index is 898. The lowest BCUT2D eigenvalue weighted by atomic mass is 10.1. The standard InChI is InChI=1S/C18H18N4O3S/c1-13-19-20-18(22(13)14-8-4-3-5-9-14)26-17(12-21(23)24)15-10-6-7-11-16(15)25-2/h3-11,17H,12H2,1-2H3/t17-/m1/s1. The summed E-state index contributed by atoms with van der Waals surface area (Å²) in [6, 6.07) is 17.0. The number of rotatable bonds is 7. The molecule has 3 rings (SSSR count). The first-order valence-electron chi connectivity index (χ1n) is 7.99. The summed E-state index contributed by atoms with van der Waals surface area (Å²) in [5.41, 5.74) is 1.68. The summed E-state index contributed by atoms with van der Waals surface area (Å²) in [6.07, 6.45) is 0. The van der Waals surface area contributed by atoms with Gasteiger partial charge in [-0.1, -0.05) is 48.2 Å². The summed E-state index contributed by atoms with van der Waals surface area (Å²) >= 11 is 1.31. The molecule has 0 aliphatic rings. The predicted molar refractivity (Wildman–Crippen MR) is 99.5 cm³/mol. The summed E-state index contributed by atoms with van der Waals surface area (Å²) in [5, 5.41) is 19.8. The van der Waals surface area contributed by atoms with Gasteiger partial charge in [-0.05, 0) is 25.1 Å². The Hall–Kier alpha value is -2.87. The molecule has 0 radical (unpaired) electrons. The molecule has 0 unspecified atom stereocenters. The summed E-state index contributed by atoms with van der Waals surface area (Å²) in [5.74, 6) is 1.34. The van der Waals surface area contributed by atoms with E-state index in [9.17, 15) is 10.1 Å². The van der Waals surface area contributed by atoms with Crippen LogP contribution in [0.25, 0.3) is 5.69 Å². The number of nitro groups is 1. The lowest BCUT2D eigenvalue weighted by Crippen LogP contribution is -2.12. The zero-order chi connectivity index (χ0) is 18.5. The minimum absolute atomic E-state index is 0.244. The Labute approximate surface area is 155 Å². The molecule has 134 valence electrons. The first kappa shape index (κ1) is 17.9. The van der Waals surface area contributed by atoms with Gasteiger partial charge in [-0.25, -0.2) is 0 Å². The first-order valence-corrected chi connectivity index (χ1v) is 8.87. The van der Waals surface area contributed by atoms with E-state index in [1.807, 2.05) is 60.0 Å². The van der Waals surface area contributed by atoms with Crippen molar-refractivity contribution in [1.29, 1.82) is 0 Å². The van der Waals surface area contributed by atoms with Gasteiger partial charge in [-0.15, -0.1) is 10.2 Å². The van der Waals surface area contributed by atoms with E-state index in [4.69, 9.17) is 4.74 Å². The zero-order valence-corrected chi connectivity index (χ0v) is 15.2. The van der Waals surface area contributed by atoms with Crippen molar-refractivity contribution in [3.05, 3.63) is 76.1 Å². The Balaban J connectivity index is 2.00. The maximum Gasteiger partial charge on any atom is 0.220 e. The highest BCUT2D eigenvalue weighted by molar-refractivity contribution is 7.99. The van der Waals surface area contributed by atoms with Gasteiger partial charge >= 0.3 is 0 Å². The molecule has 0 saturated carbocycles. The molecule has 26 heavy (non-hydrogen) atoms. The van der Waals surface area contributed by atoms with Crippen molar-refractivity contribution in [3.8, 4) is 11.4 Å². The van der Waals surface area contributed by atoms with Gasteiger partial charge in [0.15, 0.2) is 5.16 Å². The quantitative estimate of drug-likeness (QED) is 0.358. The second-order valence-corrected chi connectivity index (χ2v) is 6.73. The average molecular weight is 370 g/mol. The fourth-order valence-corrected chi connectivity index (χ4v) is 3.89. The molecular formula is C18H18N4O3S. The molecule has 0 saturated heterocycles. The van der Waals surface area contributed by atoms with Crippen LogP contribution in [0.2, 0.25) is 0 Å². The van der Waals surface area contributed by atoms with Gasteiger partial charge < -0.3 is 4.74 Å². The molecule has 0 amide bonds. The van der Waals surface area contributed by atoms with Crippen LogP contribution in [-0.2, 0) is 0 Å². The largest absolute Gasteiger partial charge is 0.496 e. The average Bonchev–Trinajstić information content (AvgIpc) is 3.01. The summed E-state index contributed by atoms with van der Waals surface area (Å²) in [4.78, 5) is 10.9. The number of thioether (sulfide) groups is 1. The van der Waals surface area contributed by atoms with Gasteiger partial charge in [0.1, 0.15) is 16.8 Å². The van der Waals surface area contributed by atoms with Crippen molar-refractivity contribution in [2.45, 2.75) is 17.3 Å². The second-order valence-electron chi connectivity index (χ2n) is 5.56. The maximum atomic E-state index is 11.2. The molecule has 0 bridgehead atoms. The van der Waals surface area contributed by atoms with Crippen LogP contribution >= 0.6 is 11.8 Å². The Morgan fingerprint density at radius 3 is 2.54 bits per heavy atom. The topological polar surface area (TPSA) is 83.1 Å². The number of hydrogen-bond acceptors (Lipinski definition) is 6. The molecule has 1 atom stereocenters. The fraction of sp³-hybridized carbons (Fsp3) is 0.222. The molecule has 0 spiro atoms. The SMILES string of the molecule is COc1ccccc1[C@@H](C[N+](=O)[O-])Sc1nnc(C)n1-c1ccccc1. The van der Waals surface area contributed by atoms with Crippen LogP contribution in [-0.4, -0.2) is 33.3 Å². The van der Waals surface area contributed by atoms with E-state index in [-0.39, 0.29) is 11.5 Å². The van der Waals surface area contributed by atoms with Gasteiger partial charge in [0.05, 0.1) is 7.11 Å². The van der Waals surface area contributed by atoms with Gasteiger partial charge in [0.2, 0.25) is 6.54 Å². The minimum Gasteiger partial charge on any atom is -0.496 e. The Kier molecular flexibility index (Phi) is 5.52. The van der Waals surface area contributed by atoms with Gasteiger partial charge in [0.25, 0.3) is 0 Å². The molecule has 2 aromatic carbocycles. The second kappa shape index (κ2) is 8.01. The lowest BCUT2D eigenvalue weighted by molar-refractivity contribution is -0.479. The van der Waals surface area contributed by atoms with E-state index in [0.717, 1.165) is 17.1 Å². The van der Waals surface area contributed by atoms with Crippen LogP contribution in [0.1, 0.15) is 16.6 Å². The maximum absolute atomic E-state index is 11.2. The van der Waals surface area contributed by atoms with E-state index in [1.54, 1.807) is 13.2 Å². The van der Waals surface area contributed by atoms with Gasteiger partial charge in [-0.2, -0.15) is 0 Å². The smallest absolute Gasteiger partial charge is 0.220 e. The van der Waals surface area contributed by atoms with E-state index >= 15 is 0 Å². The third-order valence-corrected chi connectivity index (χ3v) is 5.02. The zero-order valence-electron chi connectivity index (χ0n) is 14.4. The third kappa shape index (κ3) is 3.85. The molecule has 0 aliphatic carbocycles. The summed E-state index contributed by atoms with van der Waals surface area (Å²) in [7, 11) is 1.56. The summed E-state index contributed by atoms with van der Waals surface area (Å²) < 4.78 is 7.28. The van der Waals surface area contributed by atoms with Gasteiger partial charge in [-0.3, -0.25) is 14.7 Å². The molecule has 7 nitrogen and oxygen atoms in total. The monoisotopic (exact) mass is 370 g/mol. The lowest BCUT2D eigenvalue weighted by Gasteiger charge is -2.16. The van der Waals surface area contributed by atoms with Crippen LogP contribution in [0.15, 0.2) is 59.8 Å². The Morgan fingerprint density at radius 1 is 1.15 bits per heavy atom. The number of hydrogen-bond donors (Lipinski definition) is 0.